The standard InChI is InChI=1S/C17H26N2O/c1-2-15-10-6-7-13-19(15)17(20)16(18)12-11-14-8-4-3-5-9-14/h3-5,8-9,15-16H,2,6-7,10-13,18H2,1H3. The molecule has 2 atom stereocenters. The number of aryl methyl sites for hydroxylation is 1. The van der Waals surface area contributed by atoms with Crippen LogP contribution in [0.1, 0.15) is 44.6 Å². The maximum Gasteiger partial charge on any atom is 0.239 e. The summed E-state index contributed by atoms with van der Waals surface area (Å²) >= 11 is 0. The molecule has 2 unspecified atom stereocenters. The Morgan fingerprint density at radius 3 is 2.80 bits per heavy atom. The fourth-order valence-corrected chi connectivity index (χ4v) is 3.02. The third-order valence-corrected chi connectivity index (χ3v) is 4.29. The molecule has 3 nitrogen and oxygen atoms in total. The van der Waals surface area contributed by atoms with Crippen LogP contribution < -0.4 is 5.73 Å². The molecule has 1 aliphatic heterocycles. The number of benzene rings is 1. The van der Waals surface area contributed by atoms with Gasteiger partial charge in [0.15, 0.2) is 0 Å². The van der Waals surface area contributed by atoms with Crippen LogP contribution >= 0.6 is 0 Å². The van der Waals surface area contributed by atoms with Crippen LogP contribution in [0.3, 0.4) is 0 Å². The molecular weight excluding hydrogens is 248 g/mol. The van der Waals surface area contributed by atoms with E-state index < -0.39 is 0 Å². The zero-order chi connectivity index (χ0) is 14.4. The number of amides is 1. The quantitative estimate of drug-likeness (QED) is 0.897. The summed E-state index contributed by atoms with van der Waals surface area (Å²) in [5, 5.41) is 0. The van der Waals surface area contributed by atoms with Gasteiger partial charge in [-0.1, -0.05) is 37.3 Å². The molecule has 3 heteroatoms. The van der Waals surface area contributed by atoms with E-state index in [9.17, 15) is 4.79 Å². The van der Waals surface area contributed by atoms with Gasteiger partial charge in [0, 0.05) is 12.6 Å². The van der Waals surface area contributed by atoms with Gasteiger partial charge < -0.3 is 10.6 Å². The number of rotatable bonds is 5. The second-order valence-corrected chi connectivity index (χ2v) is 5.72. The highest BCUT2D eigenvalue weighted by molar-refractivity contribution is 5.82. The van der Waals surface area contributed by atoms with E-state index in [4.69, 9.17) is 5.73 Å². The molecule has 2 rings (SSSR count). The van der Waals surface area contributed by atoms with E-state index >= 15 is 0 Å². The second kappa shape index (κ2) is 7.44. The van der Waals surface area contributed by atoms with Crippen molar-refractivity contribution in [3.05, 3.63) is 35.9 Å². The molecule has 1 fully saturated rings. The number of likely N-dealkylation sites (tertiary alicyclic amines) is 1. The van der Waals surface area contributed by atoms with Crippen LogP contribution in [0.15, 0.2) is 30.3 Å². The predicted molar refractivity (Wildman–Crippen MR) is 82.4 cm³/mol. The lowest BCUT2D eigenvalue weighted by atomic mass is 9.97. The lowest BCUT2D eigenvalue weighted by Gasteiger charge is -2.36. The third-order valence-electron chi connectivity index (χ3n) is 4.29. The van der Waals surface area contributed by atoms with E-state index in [-0.39, 0.29) is 11.9 Å². The van der Waals surface area contributed by atoms with Gasteiger partial charge in [-0.15, -0.1) is 0 Å². The Kier molecular flexibility index (Phi) is 5.60. The molecule has 1 aliphatic rings. The lowest BCUT2D eigenvalue weighted by Crippen LogP contribution is -2.50. The van der Waals surface area contributed by atoms with Crippen molar-refractivity contribution in [1.82, 2.24) is 4.90 Å². The van der Waals surface area contributed by atoms with Gasteiger partial charge in [0.1, 0.15) is 0 Å². The zero-order valence-electron chi connectivity index (χ0n) is 12.4. The maximum atomic E-state index is 12.5. The lowest BCUT2D eigenvalue weighted by molar-refractivity contribution is -0.136. The van der Waals surface area contributed by atoms with Gasteiger partial charge in [-0.3, -0.25) is 4.79 Å². The third kappa shape index (κ3) is 3.83. The number of nitrogens with two attached hydrogens (primary N) is 1. The molecule has 110 valence electrons. The van der Waals surface area contributed by atoms with Crippen LogP contribution in [-0.4, -0.2) is 29.4 Å². The molecule has 0 aliphatic carbocycles. The summed E-state index contributed by atoms with van der Waals surface area (Å²) in [6.07, 6.45) is 6.13. The topological polar surface area (TPSA) is 46.3 Å². The van der Waals surface area contributed by atoms with Gasteiger partial charge in [0.05, 0.1) is 6.04 Å². The van der Waals surface area contributed by atoms with Crippen molar-refractivity contribution >= 4 is 5.91 Å². The molecule has 1 aromatic rings. The van der Waals surface area contributed by atoms with Crippen molar-refractivity contribution in [3.63, 3.8) is 0 Å². The first-order chi connectivity index (χ1) is 9.72. The Labute approximate surface area is 122 Å². The Bertz CT molecular complexity index is 418. The summed E-state index contributed by atoms with van der Waals surface area (Å²) < 4.78 is 0. The number of carbonyl (C=O) groups excluding carboxylic acids is 1. The van der Waals surface area contributed by atoms with Crippen molar-refractivity contribution in [3.8, 4) is 0 Å². The molecule has 1 heterocycles. The minimum Gasteiger partial charge on any atom is -0.338 e. The molecule has 1 aromatic carbocycles. The average molecular weight is 274 g/mol. The van der Waals surface area contributed by atoms with E-state index in [2.05, 4.69) is 19.1 Å². The number of piperidine rings is 1. The summed E-state index contributed by atoms with van der Waals surface area (Å²) in [6.45, 7) is 3.04. The Morgan fingerprint density at radius 1 is 1.35 bits per heavy atom. The summed E-state index contributed by atoms with van der Waals surface area (Å²) in [7, 11) is 0. The van der Waals surface area contributed by atoms with Gasteiger partial charge in [0.25, 0.3) is 0 Å². The highest BCUT2D eigenvalue weighted by Gasteiger charge is 2.28. The first kappa shape index (κ1) is 15.0. The molecule has 0 aromatic heterocycles. The molecule has 1 amide bonds. The van der Waals surface area contributed by atoms with E-state index in [0.29, 0.717) is 6.04 Å². The van der Waals surface area contributed by atoms with Crippen molar-refractivity contribution in [2.24, 2.45) is 5.73 Å². The van der Waals surface area contributed by atoms with Crippen LogP contribution in [0.25, 0.3) is 0 Å². The Balaban J connectivity index is 1.87. The molecule has 0 spiro atoms. The normalized spacial score (nSPS) is 20.7. The highest BCUT2D eigenvalue weighted by Crippen LogP contribution is 2.20. The summed E-state index contributed by atoms with van der Waals surface area (Å²) in [4.78, 5) is 14.5. The van der Waals surface area contributed by atoms with Crippen molar-refractivity contribution in [2.75, 3.05) is 6.54 Å². The minimum absolute atomic E-state index is 0.146. The van der Waals surface area contributed by atoms with E-state index in [1.165, 1.54) is 12.0 Å². The van der Waals surface area contributed by atoms with Crippen LogP contribution in [0, 0.1) is 0 Å². The van der Waals surface area contributed by atoms with Gasteiger partial charge in [-0.05, 0) is 44.1 Å². The van der Waals surface area contributed by atoms with Crippen LogP contribution in [0.2, 0.25) is 0 Å². The van der Waals surface area contributed by atoms with Crippen molar-refractivity contribution in [1.29, 1.82) is 0 Å². The largest absolute Gasteiger partial charge is 0.338 e. The fourth-order valence-electron chi connectivity index (χ4n) is 3.02. The van der Waals surface area contributed by atoms with Gasteiger partial charge in [-0.2, -0.15) is 0 Å². The molecule has 0 radical (unpaired) electrons. The van der Waals surface area contributed by atoms with Gasteiger partial charge in [-0.25, -0.2) is 0 Å². The number of nitrogens with zero attached hydrogens (tertiary/aromatic N) is 1. The van der Waals surface area contributed by atoms with Crippen LogP contribution in [0.4, 0.5) is 0 Å². The zero-order valence-corrected chi connectivity index (χ0v) is 12.4. The van der Waals surface area contributed by atoms with Crippen molar-refractivity contribution < 1.29 is 4.79 Å². The summed E-state index contributed by atoms with van der Waals surface area (Å²) in [5.74, 6) is 0.146. The molecular formula is C17H26N2O. The first-order valence-corrected chi connectivity index (χ1v) is 7.82. The smallest absolute Gasteiger partial charge is 0.239 e. The number of hydrogen-bond acceptors (Lipinski definition) is 2. The van der Waals surface area contributed by atoms with E-state index in [1.807, 2.05) is 23.1 Å². The second-order valence-electron chi connectivity index (χ2n) is 5.72. The predicted octanol–water partition coefficient (Wildman–Crippen LogP) is 2.74. The van der Waals surface area contributed by atoms with Crippen LogP contribution in [-0.2, 0) is 11.2 Å². The van der Waals surface area contributed by atoms with E-state index in [0.717, 1.165) is 38.6 Å². The molecule has 0 saturated carbocycles. The Hall–Kier alpha value is -1.35. The maximum absolute atomic E-state index is 12.5. The monoisotopic (exact) mass is 274 g/mol. The molecule has 1 saturated heterocycles. The molecule has 0 bridgehead atoms. The van der Waals surface area contributed by atoms with Crippen LogP contribution in [0.5, 0.6) is 0 Å². The van der Waals surface area contributed by atoms with E-state index in [1.54, 1.807) is 0 Å². The number of hydrogen-bond donors (Lipinski definition) is 1. The summed E-state index contributed by atoms with van der Waals surface area (Å²) in [5.41, 5.74) is 7.37. The molecule has 20 heavy (non-hydrogen) atoms. The van der Waals surface area contributed by atoms with Gasteiger partial charge in [0.2, 0.25) is 5.91 Å². The van der Waals surface area contributed by atoms with Gasteiger partial charge >= 0.3 is 0 Å². The summed E-state index contributed by atoms with van der Waals surface area (Å²) in [6, 6.07) is 10.3. The average Bonchev–Trinajstić information content (AvgIpc) is 2.52. The SMILES string of the molecule is CCC1CCCCN1C(=O)C(N)CCc1ccccc1. The first-order valence-electron chi connectivity index (χ1n) is 7.82. The fraction of sp³-hybridized carbons (Fsp3) is 0.588. The highest BCUT2D eigenvalue weighted by atomic mass is 16.2. The van der Waals surface area contributed by atoms with Crippen molar-refractivity contribution in [2.45, 2.75) is 57.5 Å². The Morgan fingerprint density at radius 2 is 2.10 bits per heavy atom. The minimum atomic E-state index is -0.359. The number of carbonyl (C=O) groups is 1. The molecule has 2 N–H and O–H groups in total.